The SMILES string of the molecule is CC(C)C(=O)N(Cc1ccc(F)cc1F)[C@H]1CCNC1. The van der Waals surface area contributed by atoms with Crippen molar-refractivity contribution in [2.24, 2.45) is 5.92 Å². The van der Waals surface area contributed by atoms with Gasteiger partial charge in [-0.2, -0.15) is 0 Å². The Balaban J connectivity index is 2.20. The summed E-state index contributed by atoms with van der Waals surface area (Å²) in [6.07, 6.45) is 0.862. The molecule has 5 heteroatoms. The lowest BCUT2D eigenvalue weighted by Crippen LogP contribution is -2.43. The minimum Gasteiger partial charge on any atom is -0.334 e. The average molecular weight is 282 g/mol. The van der Waals surface area contributed by atoms with Crippen LogP contribution in [0.3, 0.4) is 0 Å². The Bertz CT molecular complexity index is 485. The lowest BCUT2D eigenvalue weighted by atomic mass is 10.1. The molecule has 0 aromatic heterocycles. The lowest BCUT2D eigenvalue weighted by Gasteiger charge is -2.30. The minimum absolute atomic E-state index is 0.00225. The van der Waals surface area contributed by atoms with Gasteiger partial charge in [-0.25, -0.2) is 8.78 Å². The summed E-state index contributed by atoms with van der Waals surface area (Å²) in [6, 6.07) is 3.58. The molecule has 1 amide bonds. The van der Waals surface area contributed by atoms with Gasteiger partial charge in [-0.15, -0.1) is 0 Å². The van der Waals surface area contributed by atoms with Gasteiger partial charge in [-0.1, -0.05) is 19.9 Å². The first-order chi connectivity index (χ1) is 9.49. The Morgan fingerprint density at radius 1 is 1.45 bits per heavy atom. The van der Waals surface area contributed by atoms with E-state index in [9.17, 15) is 13.6 Å². The zero-order valence-corrected chi connectivity index (χ0v) is 11.8. The second-order valence-corrected chi connectivity index (χ2v) is 5.50. The molecule has 110 valence electrons. The van der Waals surface area contributed by atoms with E-state index >= 15 is 0 Å². The molecular weight excluding hydrogens is 262 g/mol. The van der Waals surface area contributed by atoms with E-state index in [1.165, 1.54) is 12.1 Å². The molecule has 1 atom stereocenters. The largest absolute Gasteiger partial charge is 0.334 e. The number of carbonyl (C=O) groups is 1. The average Bonchev–Trinajstić information content (AvgIpc) is 2.90. The van der Waals surface area contributed by atoms with Crippen LogP contribution in [0.2, 0.25) is 0 Å². The molecule has 0 saturated carbocycles. The Hall–Kier alpha value is -1.49. The van der Waals surface area contributed by atoms with Crippen LogP contribution in [0.25, 0.3) is 0 Å². The second kappa shape index (κ2) is 6.31. The molecule has 1 saturated heterocycles. The van der Waals surface area contributed by atoms with Crippen LogP contribution in [0.5, 0.6) is 0 Å². The number of nitrogens with zero attached hydrogens (tertiary/aromatic N) is 1. The van der Waals surface area contributed by atoms with Gasteiger partial charge in [-0.05, 0) is 19.0 Å². The van der Waals surface area contributed by atoms with Crippen molar-refractivity contribution in [2.75, 3.05) is 13.1 Å². The number of hydrogen-bond acceptors (Lipinski definition) is 2. The molecule has 0 spiro atoms. The second-order valence-electron chi connectivity index (χ2n) is 5.50. The first-order valence-electron chi connectivity index (χ1n) is 6.94. The highest BCUT2D eigenvalue weighted by Crippen LogP contribution is 2.19. The maximum atomic E-state index is 13.8. The van der Waals surface area contributed by atoms with Crippen molar-refractivity contribution in [1.82, 2.24) is 10.2 Å². The quantitative estimate of drug-likeness (QED) is 0.919. The van der Waals surface area contributed by atoms with Crippen LogP contribution in [0.1, 0.15) is 25.8 Å². The predicted octanol–water partition coefficient (Wildman–Crippen LogP) is 2.31. The highest BCUT2D eigenvalue weighted by Gasteiger charge is 2.28. The Labute approximate surface area is 118 Å². The summed E-state index contributed by atoms with van der Waals surface area (Å²) >= 11 is 0. The van der Waals surface area contributed by atoms with Crippen LogP contribution < -0.4 is 5.32 Å². The standard InChI is InChI=1S/C15H20F2N2O/c1-10(2)15(20)19(13-5-6-18-8-13)9-11-3-4-12(16)7-14(11)17/h3-4,7,10,13,18H,5-6,8-9H2,1-2H3/t13-/m0/s1. The van der Waals surface area contributed by atoms with Crippen LogP contribution in [0.15, 0.2) is 18.2 Å². The summed E-state index contributed by atoms with van der Waals surface area (Å²) in [6.45, 7) is 5.44. The van der Waals surface area contributed by atoms with E-state index in [1.807, 2.05) is 13.8 Å². The van der Waals surface area contributed by atoms with Crippen molar-refractivity contribution >= 4 is 5.91 Å². The maximum Gasteiger partial charge on any atom is 0.225 e. The van der Waals surface area contributed by atoms with Crippen LogP contribution in [0.4, 0.5) is 8.78 Å². The van der Waals surface area contributed by atoms with Crippen LogP contribution in [-0.4, -0.2) is 29.9 Å². The minimum atomic E-state index is -0.601. The van der Waals surface area contributed by atoms with Crippen molar-refractivity contribution in [3.05, 3.63) is 35.4 Å². The number of amides is 1. The van der Waals surface area contributed by atoms with Gasteiger partial charge in [0.15, 0.2) is 0 Å². The third kappa shape index (κ3) is 3.33. The van der Waals surface area contributed by atoms with Crippen LogP contribution >= 0.6 is 0 Å². The number of carbonyl (C=O) groups excluding carboxylic acids is 1. The molecule has 1 aromatic carbocycles. The molecular formula is C15H20F2N2O. The van der Waals surface area contributed by atoms with E-state index in [2.05, 4.69) is 5.32 Å². The zero-order chi connectivity index (χ0) is 14.7. The van der Waals surface area contributed by atoms with Crippen molar-refractivity contribution in [3.63, 3.8) is 0 Å². The first kappa shape index (κ1) is 14.9. The third-order valence-electron chi connectivity index (χ3n) is 3.61. The smallest absolute Gasteiger partial charge is 0.225 e. The molecule has 20 heavy (non-hydrogen) atoms. The topological polar surface area (TPSA) is 32.3 Å². The van der Waals surface area contributed by atoms with Gasteiger partial charge in [0.25, 0.3) is 0 Å². The number of nitrogens with one attached hydrogen (secondary N) is 1. The normalized spacial score (nSPS) is 18.6. The molecule has 0 bridgehead atoms. The highest BCUT2D eigenvalue weighted by atomic mass is 19.1. The van der Waals surface area contributed by atoms with E-state index in [1.54, 1.807) is 4.90 Å². The molecule has 1 fully saturated rings. The summed E-state index contributed by atoms with van der Waals surface area (Å²) in [5.41, 5.74) is 0.354. The Morgan fingerprint density at radius 3 is 2.75 bits per heavy atom. The molecule has 1 aromatic rings. The van der Waals surface area contributed by atoms with Gasteiger partial charge in [0, 0.05) is 36.7 Å². The molecule has 2 rings (SSSR count). The summed E-state index contributed by atoms with van der Waals surface area (Å²) in [5.74, 6) is -1.34. The maximum absolute atomic E-state index is 13.8. The first-order valence-corrected chi connectivity index (χ1v) is 6.94. The zero-order valence-electron chi connectivity index (χ0n) is 11.8. The number of rotatable bonds is 4. The van der Waals surface area contributed by atoms with Gasteiger partial charge in [0.05, 0.1) is 0 Å². The van der Waals surface area contributed by atoms with E-state index in [0.29, 0.717) is 5.56 Å². The van der Waals surface area contributed by atoms with Crippen molar-refractivity contribution < 1.29 is 13.6 Å². The predicted molar refractivity (Wildman–Crippen MR) is 73.0 cm³/mol. The van der Waals surface area contributed by atoms with Crippen molar-refractivity contribution in [2.45, 2.75) is 32.9 Å². The van der Waals surface area contributed by atoms with Crippen molar-refractivity contribution in [3.8, 4) is 0 Å². The molecule has 0 unspecified atom stereocenters. The summed E-state index contributed by atoms with van der Waals surface area (Å²) in [7, 11) is 0. The third-order valence-corrected chi connectivity index (χ3v) is 3.61. The van der Waals surface area contributed by atoms with Crippen molar-refractivity contribution in [1.29, 1.82) is 0 Å². The molecule has 1 aliphatic heterocycles. The van der Waals surface area contributed by atoms with E-state index in [-0.39, 0.29) is 24.4 Å². The monoisotopic (exact) mass is 282 g/mol. The molecule has 3 nitrogen and oxygen atoms in total. The highest BCUT2D eigenvalue weighted by molar-refractivity contribution is 5.78. The number of benzene rings is 1. The van der Waals surface area contributed by atoms with Gasteiger partial charge in [0.1, 0.15) is 11.6 Å². The fourth-order valence-electron chi connectivity index (χ4n) is 2.46. The number of hydrogen-bond donors (Lipinski definition) is 1. The number of halogens is 2. The van der Waals surface area contributed by atoms with Gasteiger partial charge in [0.2, 0.25) is 5.91 Å². The summed E-state index contributed by atoms with van der Waals surface area (Å²) in [4.78, 5) is 14.0. The molecule has 1 heterocycles. The fraction of sp³-hybridized carbons (Fsp3) is 0.533. The van der Waals surface area contributed by atoms with Gasteiger partial charge in [-0.3, -0.25) is 4.79 Å². The lowest BCUT2D eigenvalue weighted by molar-refractivity contribution is -0.137. The molecule has 0 aliphatic carbocycles. The summed E-state index contributed by atoms with van der Waals surface area (Å²) < 4.78 is 26.7. The van der Waals surface area contributed by atoms with E-state index in [0.717, 1.165) is 25.6 Å². The van der Waals surface area contributed by atoms with Crippen LogP contribution in [-0.2, 0) is 11.3 Å². The van der Waals surface area contributed by atoms with Gasteiger partial charge >= 0.3 is 0 Å². The van der Waals surface area contributed by atoms with Gasteiger partial charge < -0.3 is 10.2 Å². The summed E-state index contributed by atoms with van der Waals surface area (Å²) in [5, 5.41) is 3.21. The molecule has 1 aliphatic rings. The Morgan fingerprint density at radius 2 is 2.20 bits per heavy atom. The Kier molecular flexibility index (Phi) is 4.70. The molecule has 1 N–H and O–H groups in total. The molecule has 0 radical (unpaired) electrons. The van der Waals surface area contributed by atoms with Crippen LogP contribution in [0, 0.1) is 17.6 Å². The van der Waals surface area contributed by atoms with E-state index in [4.69, 9.17) is 0 Å². The van der Waals surface area contributed by atoms with E-state index < -0.39 is 11.6 Å². The fourth-order valence-corrected chi connectivity index (χ4v) is 2.46.